The summed E-state index contributed by atoms with van der Waals surface area (Å²) in [6.45, 7) is 0.445. The van der Waals surface area contributed by atoms with Gasteiger partial charge in [-0.2, -0.15) is 0 Å². The Kier molecular flexibility index (Phi) is 9.59. The molecule has 0 fully saturated rings. The molecule has 19 heavy (non-hydrogen) atoms. The second-order valence-corrected chi connectivity index (χ2v) is 4.14. The fourth-order valence-electron chi connectivity index (χ4n) is 1.37. The molecule has 0 bridgehead atoms. The minimum absolute atomic E-state index is 0.148. The largest absolute Gasteiger partial charge is 0.480 e. The third-order valence-electron chi connectivity index (χ3n) is 2.56. The number of carbonyl (C=O) groups excluding carboxylic acids is 1. The van der Waals surface area contributed by atoms with Crippen molar-refractivity contribution >= 4 is 18.1 Å². The summed E-state index contributed by atoms with van der Waals surface area (Å²) in [6, 6.07) is -0.856. The number of amides is 1. The summed E-state index contributed by atoms with van der Waals surface area (Å²) < 4.78 is 0. The Morgan fingerprint density at radius 2 is 2.05 bits per heavy atom. The van der Waals surface area contributed by atoms with Gasteiger partial charge in [0.2, 0.25) is 5.91 Å². The molecule has 0 saturated heterocycles. The highest BCUT2D eigenvalue weighted by atomic mass is 17.1. The summed E-state index contributed by atoms with van der Waals surface area (Å²) >= 11 is 0. The van der Waals surface area contributed by atoms with E-state index in [1.165, 1.54) is 0 Å². The van der Waals surface area contributed by atoms with Crippen molar-refractivity contribution in [1.82, 2.24) is 5.32 Å². The fourth-order valence-corrected chi connectivity index (χ4v) is 1.37. The Labute approximate surface area is 111 Å². The van der Waals surface area contributed by atoms with Gasteiger partial charge in [0.1, 0.15) is 12.1 Å². The van der Waals surface area contributed by atoms with Gasteiger partial charge in [-0.25, -0.2) is 4.89 Å². The molecule has 8 heteroatoms. The lowest BCUT2D eigenvalue weighted by Gasteiger charge is -2.09. The SMILES string of the molecule is N=CC(CCC(=O)NCCCCC(N)C(=O)O)OO. The van der Waals surface area contributed by atoms with Crippen LogP contribution < -0.4 is 11.1 Å². The van der Waals surface area contributed by atoms with E-state index in [4.69, 9.17) is 21.5 Å². The third-order valence-corrected chi connectivity index (χ3v) is 2.56. The number of hydrogen-bond donors (Lipinski definition) is 5. The van der Waals surface area contributed by atoms with Gasteiger partial charge in [-0.15, -0.1) is 0 Å². The molecule has 8 nitrogen and oxygen atoms in total. The first-order valence-electron chi connectivity index (χ1n) is 6.07. The fraction of sp³-hybridized carbons (Fsp3) is 0.727. The van der Waals surface area contributed by atoms with E-state index in [0.717, 1.165) is 6.21 Å². The third kappa shape index (κ3) is 9.11. The van der Waals surface area contributed by atoms with Crippen LogP contribution in [0, 0.1) is 5.41 Å². The Hall–Kier alpha value is -1.51. The lowest BCUT2D eigenvalue weighted by Crippen LogP contribution is -2.30. The van der Waals surface area contributed by atoms with Crippen molar-refractivity contribution in [2.45, 2.75) is 44.2 Å². The maximum Gasteiger partial charge on any atom is 0.320 e. The first-order chi connectivity index (χ1) is 9.01. The smallest absolute Gasteiger partial charge is 0.320 e. The minimum Gasteiger partial charge on any atom is -0.480 e. The molecular weight excluding hydrogens is 254 g/mol. The standard InChI is InChI=1S/C11H21N3O5/c12-7-8(19-18)4-5-10(15)14-6-2-1-3-9(13)11(16)17/h7-9,12,18H,1-6,13H2,(H,14,15)(H,16,17). The molecule has 2 unspecified atom stereocenters. The summed E-state index contributed by atoms with van der Waals surface area (Å²) in [4.78, 5) is 25.7. The van der Waals surface area contributed by atoms with Gasteiger partial charge in [-0.1, -0.05) is 0 Å². The van der Waals surface area contributed by atoms with Crippen LogP contribution in [0.1, 0.15) is 32.1 Å². The highest BCUT2D eigenvalue weighted by Crippen LogP contribution is 2.00. The Morgan fingerprint density at radius 3 is 2.58 bits per heavy atom. The molecule has 0 radical (unpaired) electrons. The van der Waals surface area contributed by atoms with E-state index in [1.54, 1.807) is 0 Å². The van der Waals surface area contributed by atoms with Gasteiger partial charge in [0, 0.05) is 19.2 Å². The zero-order valence-electron chi connectivity index (χ0n) is 10.7. The lowest BCUT2D eigenvalue weighted by molar-refractivity contribution is -0.260. The summed E-state index contributed by atoms with van der Waals surface area (Å²) in [5, 5.41) is 26.4. The molecule has 0 heterocycles. The lowest BCUT2D eigenvalue weighted by atomic mass is 10.1. The van der Waals surface area contributed by atoms with Gasteiger partial charge in [0.05, 0.1) is 0 Å². The predicted molar refractivity (Wildman–Crippen MR) is 68.0 cm³/mol. The van der Waals surface area contributed by atoms with Gasteiger partial charge in [-0.05, 0) is 25.7 Å². The number of unbranched alkanes of at least 4 members (excludes halogenated alkanes) is 1. The van der Waals surface area contributed by atoms with E-state index in [-0.39, 0.29) is 18.7 Å². The topological polar surface area (TPSA) is 146 Å². The molecule has 2 atom stereocenters. The Morgan fingerprint density at radius 1 is 1.37 bits per heavy atom. The summed E-state index contributed by atoms with van der Waals surface area (Å²) in [7, 11) is 0. The number of carboxylic acid groups (broad SMARTS) is 1. The predicted octanol–water partition coefficient (Wildman–Crippen LogP) is -0.0272. The Balaban J connectivity index is 3.53. The van der Waals surface area contributed by atoms with Gasteiger partial charge in [0.25, 0.3) is 0 Å². The van der Waals surface area contributed by atoms with Gasteiger partial charge >= 0.3 is 5.97 Å². The molecule has 0 aliphatic carbocycles. The highest BCUT2D eigenvalue weighted by molar-refractivity contribution is 5.76. The van der Waals surface area contributed by atoms with E-state index in [9.17, 15) is 9.59 Å². The zero-order valence-corrected chi connectivity index (χ0v) is 10.7. The maximum atomic E-state index is 11.3. The average Bonchev–Trinajstić information content (AvgIpc) is 2.39. The first kappa shape index (κ1) is 17.5. The molecule has 0 rings (SSSR count). The molecule has 0 aromatic heterocycles. The second-order valence-electron chi connectivity index (χ2n) is 4.14. The van der Waals surface area contributed by atoms with Crippen molar-refractivity contribution in [1.29, 1.82) is 5.41 Å². The van der Waals surface area contributed by atoms with Gasteiger partial charge in [0.15, 0.2) is 0 Å². The van der Waals surface area contributed by atoms with E-state index in [0.29, 0.717) is 25.8 Å². The number of carbonyl (C=O) groups is 2. The van der Waals surface area contributed by atoms with Crippen LogP contribution in [0.3, 0.4) is 0 Å². The number of nitrogens with one attached hydrogen (secondary N) is 2. The van der Waals surface area contributed by atoms with Crippen LogP contribution in [-0.2, 0) is 14.5 Å². The number of rotatable bonds is 11. The molecular formula is C11H21N3O5. The summed E-state index contributed by atoms with van der Waals surface area (Å²) in [5.41, 5.74) is 5.32. The highest BCUT2D eigenvalue weighted by Gasteiger charge is 2.11. The Bertz CT molecular complexity index is 298. The molecule has 6 N–H and O–H groups in total. The van der Waals surface area contributed by atoms with Gasteiger partial charge in [-0.3, -0.25) is 14.8 Å². The van der Waals surface area contributed by atoms with Crippen LogP contribution in [0.15, 0.2) is 0 Å². The number of aliphatic carboxylic acids is 1. The first-order valence-corrected chi connectivity index (χ1v) is 6.07. The molecule has 0 aliphatic heterocycles. The summed E-state index contributed by atoms with van der Waals surface area (Å²) in [6.07, 6.45) is 2.18. The van der Waals surface area contributed by atoms with E-state index < -0.39 is 18.1 Å². The monoisotopic (exact) mass is 275 g/mol. The van der Waals surface area contributed by atoms with E-state index in [1.807, 2.05) is 0 Å². The molecule has 0 aliphatic rings. The quantitative estimate of drug-likeness (QED) is 0.155. The summed E-state index contributed by atoms with van der Waals surface area (Å²) in [5.74, 6) is -1.22. The number of carboxylic acids is 1. The van der Waals surface area contributed by atoms with E-state index in [2.05, 4.69) is 10.2 Å². The van der Waals surface area contributed by atoms with Crippen LogP contribution in [0.2, 0.25) is 0 Å². The van der Waals surface area contributed by atoms with Crippen molar-refractivity contribution < 1.29 is 24.8 Å². The molecule has 0 saturated carbocycles. The molecule has 0 aromatic rings. The van der Waals surface area contributed by atoms with Crippen molar-refractivity contribution in [2.24, 2.45) is 5.73 Å². The zero-order chi connectivity index (χ0) is 14.7. The van der Waals surface area contributed by atoms with Crippen LogP contribution >= 0.6 is 0 Å². The normalized spacial score (nSPS) is 13.6. The number of hydrogen-bond acceptors (Lipinski definition) is 6. The van der Waals surface area contributed by atoms with E-state index >= 15 is 0 Å². The second kappa shape index (κ2) is 10.4. The van der Waals surface area contributed by atoms with Crippen molar-refractivity contribution in [3.8, 4) is 0 Å². The van der Waals surface area contributed by atoms with Crippen LogP contribution in [0.5, 0.6) is 0 Å². The van der Waals surface area contributed by atoms with Gasteiger partial charge < -0.3 is 21.6 Å². The van der Waals surface area contributed by atoms with Crippen molar-refractivity contribution in [3.63, 3.8) is 0 Å². The average molecular weight is 275 g/mol. The molecule has 0 spiro atoms. The molecule has 0 aromatic carbocycles. The molecule has 110 valence electrons. The number of nitrogens with two attached hydrogens (primary N) is 1. The van der Waals surface area contributed by atoms with Crippen LogP contribution in [0.4, 0.5) is 0 Å². The maximum absolute atomic E-state index is 11.3. The molecule has 1 amide bonds. The van der Waals surface area contributed by atoms with Crippen LogP contribution in [0.25, 0.3) is 0 Å². The van der Waals surface area contributed by atoms with Crippen LogP contribution in [-0.4, -0.2) is 47.1 Å². The van der Waals surface area contributed by atoms with Crippen molar-refractivity contribution in [2.75, 3.05) is 6.54 Å². The minimum atomic E-state index is -1.02. The van der Waals surface area contributed by atoms with Crippen molar-refractivity contribution in [3.05, 3.63) is 0 Å².